The lowest BCUT2D eigenvalue weighted by Crippen LogP contribution is -2.44. The number of sulfonamides is 1. The normalized spacial score (nSPS) is 19.9. The lowest BCUT2D eigenvalue weighted by Gasteiger charge is -2.35. The van der Waals surface area contributed by atoms with E-state index in [0.29, 0.717) is 37.4 Å². The van der Waals surface area contributed by atoms with Crippen LogP contribution >= 0.6 is 0 Å². The highest BCUT2D eigenvalue weighted by molar-refractivity contribution is 7.89. The summed E-state index contributed by atoms with van der Waals surface area (Å²) in [4.78, 5) is 15.8. The van der Waals surface area contributed by atoms with Crippen LogP contribution in [0.25, 0.3) is 0 Å². The van der Waals surface area contributed by atoms with Crippen LogP contribution in [-0.4, -0.2) is 57.4 Å². The highest BCUT2D eigenvalue weighted by Gasteiger charge is 2.38. The highest BCUT2D eigenvalue weighted by atomic mass is 32.2. The topological polar surface area (TPSA) is 76.2 Å². The molecule has 2 aliphatic heterocycles. The van der Waals surface area contributed by atoms with Crippen LogP contribution in [0, 0.1) is 19.8 Å². The quantitative estimate of drug-likeness (QED) is 0.615. The largest absolute Gasteiger partial charge is 0.497 e. The minimum Gasteiger partial charge on any atom is -0.497 e. The Kier molecular flexibility index (Phi) is 7.19. The molecule has 2 saturated heterocycles. The number of likely N-dealkylation sites (tertiary alicyclic amines) is 1. The minimum atomic E-state index is -3.56. The van der Waals surface area contributed by atoms with Crippen molar-refractivity contribution in [3.05, 3.63) is 53.1 Å². The fourth-order valence-corrected chi connectivity index (χ4v) is 6.61. The zero-order chi connectivity index (χ0) is 24.5. The van der Waals surface area contributed by atoms with Crippen molar-refractivity contribution in [2.75, 3.05) is 33.9 Å². The van der Waals surface area contributed by atoms with Crippen molar-refractivity contribution in [3.63, 3.8) is 0 Å². The fraction of sp³-hybridized carbons (Fsp3) is 0.500. The first kappa shape index (κ1) is 24.5. The molecule has 0 N–H and O–H groups in total. The van der Waals surface area contributed by atoms with Gasteiger partial charge in [-0.3, -0.25) is 4.79 Å². The smallest absolute Gasteiger partial charge is 0.243 e. The van der Waals surface area contributed by atoms with Crippen molar-refractivity contribution in [1.29, 1.82) is 0 Å². The van der Waals surface area contributed by atoms with Crippen molar-refractivity contribution >= 4 is 15.9 Å². The van der Waals surface area contributed by atoms with E-state index in [1.807, 2.05) is 43.0 Å². The second kappa shape index (κ2) is 9.96. The number of ether oxygens (including phenoxy) is 2. The van der Waals surface area contributed by atoms with Gasteiger partial charge in [0, 0.05) is 31.1 Å². The molecular weight excluding hydrogens is 452 g/mol. The number of piperidine rings is 1. The Balaban J connectivity index is 1.46. The number of aryl methyl sites for hydroxylation is 2. The number of hydrogen-bond donors (Lipinski definition) is 0. The van der Waals surface area contributed by atoms with Gasteiger partial charge in [0.2, 0.25) is 15.9 Å². The van der Waals surface area contributed by atoms with Gasteiger partial charge >= 0.3 is 0 Å². The van der Waals surface area contributed by atoms with Crippen LogP contribution in [0.3, 0.4) is 0 Å². The first-order valence-electron chi connectivity index (χ1n) is 11.9. The Labute approximate surface area is 202 Å². The predicted octanol–water partition coefficient (Wildman–Crippen LogP) is 4.09. The van der Waals surface area contributed by atoms with Gasteiger partial charge in [-0.2, -0.15) is 4.31 Å². The Hall–Kier alpha value is -2.58. The summed E-state index contributed by atoms with van der Waals surface area (Å²) in [6, 6.07) is 10.9. The third-order valence-corrected chi connectivity index (χ3v) is 9.15. The number of carbonyl (C=O) groups is 1. The number of rotatable bonds is 6. The Morgan fingerprint density at radius 1 is 0.912 bits per heavy atom. The molecule has 1 unspecified atom stereocenters. The number of benzene rings is 2. The second-order valence-corrected chi connectivity index (χ2v) is 11.2. The van der Waals surface area contributed by atoms with Gasteiger partial charge in [0.25, 0.3) is 0 Å². The molecule has 184 valence electrons. The molecular formula is C26H34N2O5S. The van der Waals surface area contributed by atoms with Crippen LogP contribution in [0.2, 0.25) is 0 Å². The summed E-state index contributed by atoms with van der Waals surface area (Å²) in [6.45, 7) is 5.29. The van der Waals surface area contributed by atoms with Gasteiger partial charge in [-0.1, -0.05) is 6.07 Å². The summed E-state index contributed by atoms with van der Waals surface area (Å²) in [5.41, 5.74) is 2.98. The molecule has 1 amide bonds. The zero-order valence-corrected chi connectivity index (χ0v) is 21.2. The monoisotopic (exact) mass is 486 g/mol. The second-order valence-electron chi connectivity index (χ2n) is 9.22. The number of hydrogen-bond acceptors (Lipinski definition) is 5. The molecule has 0 bridgehead atoms. The molecule has 0 radical (unpaired) electrons. The summed E-state index contributed by atoms with van der Waals surface area (Å²) >= 11 is 0. The van der Waals surface area contributed by atoms with Gasteiger partial charge in [-0.25, -0.2) is 8.42 Å². The molecule has 2 aromatic rings. The molecule has 2 aliphatic rings. The summed E-state index contributed by atoms with van der Waals surface area (Å²) < 4.78 is 38.8. The van der Waals surface area contributed by atoms with Crippen molar-refractivity contribution in [2.24, 2.45) is 5.92 Å². The maximum Gasteiger partial charge on any atom is 0.243 e. The van der Waals surface area contributed by atoms with E-state index < -0.39 is 10.0 Å². The van der Waals surface area contributed by atoms with E-state index in [2.05, 4.69) is 0 Å². The average molecular weight is 487 g/mol. The van der Waals surface area contributed by atoms with Crippen LogP contribution in [0.4, 0.5) is 0 Å². The van der Waals surface area contributed by atoms with E-state index in [0.717, 1.165) is 41.0 Å². The van der Waals surface area contributed by atoms with Crippen molar-refractivity contribution < 1.29 is 22.7 Å². The van der Waals surface area contributed by atoms with E-state index in [9.17, 15) is 13.2 Å². The van der Waals surface area contributed by atoms with Crippen LogP contribution in [0.1, 0.15) is 48.4 Å². The summed E-state index contributed by atoms with van der Waals surface area (Å²) in [7, 11) is -0.297. The Bertz CT molecular complexity index is 1160. The summed E-state index contributed by atoms with van der Waals surface area (Å²) in [5.74, 6) is 1.42. The molecule has 34 heavy (non-hydrogen) atoms. The molecule has 4 rings (SSSR count). The Morgan fingerprint density at radius 3 is 2.29 bits per heavy atom. The number of carbonyl (C=O) groups excluding carboxylic acids is 1. The first-order valence-corrected chi connectivity index (χ1v) is 13.3. The molecule has 1 atom stereocenters. The highest BCUT2D eigenvalue weighted by Crippen LogP contribution is 2.40. The van der Waals surface area contributed by atoms with E-state index >= 15 is 0 Å². The molecule has 7 nitrogen and oxygen atoms in total. The third-order valence-electron chi connectivity index (χ3n) is 7.25. The fourth-order valence-electron chi connectivity index (χ4n) is 5.05. The molecule has 0 aromatic heterocycles. The maximum absolute atomic E-state index is 13.5. The van der Waals surface area contributed by atoms with Crippen LogP contribution < -0.4 is 9.47 Å². The molecule has 2 heterocycles. The molecule has 2 aromatic carbocycles. The predicted molar refractivity (Wildman–Crippen MR) is 131 cm³/mol. The van der Waals surface area contributed by atoms with E-state index in [-0.39, 0.29) is 17.9 Å². The van der Waals surface area contributed by atoms with Gasteiger partial charge in [-0.15, -0.1) is 0 Å². The van der Waals surface area contributed by atoms with Crippen molar-refractivity contribution in [2.45, 2.75) is 50.5 Å². The van der Waals surface area contributed by atoms with E-state index in [1.165, 1.54) is 4.31 Å². The van der Waals surface area contributed by atoms with Crippen LogP contribution in [0.5, 0.6) is 11.5 Å². The van der Waals surface area contributed by atoms with E-state index in [4.69, 9.17) is 9.47 Å². The molecule has 0 saturated carbocycles. The van der Waals surface area contributed by atoms with Gasteiger partial charge in [0.1, 0.15) is 11.5 Å². The molecule has 2 fully saturated rings. The first-order chi connectivity index (χ1) is 16.3. The average Bonchev–Trinajstić information content (AvgIpc) is 3.34. The lowest BCUT2D eigenvalue weighted by molar-refractivity contribution is -0.137. The lowest BCUT2D eigenvalue weighted by atomic mass is 9.95. The molecule has 0 aliphatic carbocycles. The van der Waals surface area contributed by atoms with Crippen LogP contribution in [0.15, 0.2) is 41.3 Å². The number of nitrogens with zero attached hydrogens (tertiary/aromatic N) is 2. The third kappa shape index (κ3) is 4.66. The van der Waals surface area contributed by atoms with Gasteiger partial charge in [0.05, 0.1) is 25.2 Å². The zero-order valence-electron chi connectivity index (χ0n) is 20.4. The maximum atomic E-state index is 13.5. The summed E-state index contributed by atoms with van der Waals surface area (Å²) in [5, 5.41) is 0. The number of amides is 1. The van der Waals surface area contributed by atoms with Gasteiger partial charge < -0.3 is 14.4 Å². The van der Waals surface area contributed by atoms with Gasteiger partial charge in [-0.05, 0) is 81.0 Å². The van der Waals surface area contributed by atoms with Crippen molar-refractivity contribution in [3.8, 4) is 11.5 Å². The minimum absolute atomic E-state index is 0.0603. The Morgan fingerprint density at radius 2 is 1.65 bits per heavy atom. The van der Waals surface area contributed by atoms with Crippen LogP contribution in [-0.2, 0) is 14.8 Å². The standard InChI is InChI=1S/C26H34N2O5S/c1-18-7-9-22(16-19(18)2)34(30,31)27-14-11-20(12-15-27)26(29)28-13-5-6-24(28)23-17-21(32-3)8-10-25(23)33-4/h7-10,16-17,20,24H,5-6,11-15H2,1-4H3. The van der Waals surface area contributed by atoms with E-state index in [1.54, 1.807) is 26.4 Å². The SMILES string of the molecule is COc1ccc(OC)c(C2CCCN2C(=O)C2CCN(S(=O)(=O)c3ccc(C)c(C)c3)CC2)c1. The van der Waals surface area contributed by atoms with Gasteiger partial charge in [0.15, 0.2) is 0 Å². The van der Waals surface area contributed by atoms with Crippen molar-refractivity contribution in [1.82, 2.24) is 9.21 Å². The molecule has 0 spiro atoms. The molecule has 8 heteroatoms. The summed E-state index contributed by atoms with van der Waals surface area (Å²) in [6.07, 6.45) is 2.86. The number of methoxy groups -OCH3 is 2.